The molecule has 1 aromatic rings. The number of anilines is 1. The number of nitrogens with one attached hydrogen (secondary N) is 1. The van der Waals surface area contributed by atoms with Crippen molar-refractivity contribution >= 4 is 35.0 Å². The lowest BCUT2D eigenvalue weighted by atomic mass is 9.82. The van der Waals surface area contributed by atoms with Gasteiger partial charge in [0.2, 0.25) is 5.91 Å². The van der Waals surface area contributed by atoms with E-state index in [2.05, 4.69) is 19.2 Å². The largest absolute Gasteiger partial charge is 0.381 e. The van der Waals surface area contributed by atoms with Crippen molar-refractivity contribution in [2.24, 2.45) is 11.1 Å². The summed E-state index contributed by atoms with van der Waals surface area (Å²) in [6.07, 6.45) is 1.20. The molecule has 5 heteroatoms. The number of hydrogen-bond donors (Lipinski definition) is 2. The summed E-state index contributed by atoms with van der Waals surface area (Å²) in [5, 5.41) is 3.92. The van der Waals surface area contributed by atoms with E-state index in [1.807, 2.05) is 17.8 Å². The molecular formula is C14H19ClN2OS. The van der Waals surface area contributed by atoms with Crippen LogP contribution in [0.4, 0.5) is 5.69 Å². The Morgan fingerprint density at radius 1 is 1.53 bits per heavy atom. The molecule has 3 N–H and O–H groups in total. The molecule has 1 saturated heterocycles. The van der Waals surface area contributed by atoms with E-state index in [0.717, 1.165) is 11.4 Å². The van der Waals surface area contributed by atoms with Crippen LogP contribution in [0.2, 0.25) is 5.02 Å². The number of primary amides is 1. The smallest absolute Gasteiger partial charge is 0.250 e. The van der Waals surface area contributed by atoms with Crippen LogP contribution in [0.25, 0.3) is 0 Å². The van der Waals surface area contributed by atoms with Crippen LogP contribution >= 0.6 is 23.4 Å². The number of halogens is 1. The highest BCUT2D eigenvalue weighted by atomic mass is 35.5. The van der Waals surface area contributed by atoms with Gasteiger partial charge < -0.3 is 11.1 Å². The zero-order chi connectivity index (χ0) is 14.0. The first kappa shape index (κ1) is 14.5. The first-order valence-corrected chi connectivity index (χ1v) is 7.87. The Morgan fingerprint density at radius 2 is 2.26 bits per heavy atom. The molecule has 1 atom stereocenters. The fraction of sp³-hybridized carbons (Fsp3) is 0.500. The number of hydrogen-bond acceptors (Lipinski definition) is 3. The quantitative estimate of drug-likeness (QED) is 0.899. The zero-order valence-corrected chi connectivity index (χ0v) is 12.8. The lowest BCUT2D eigenvalue weighted by molar-refractivity contribution is 0.100. The van der Waals surface area contributed by atoms with E-state index < -0.39 is 5.91 Å². The van der Waals surface area contributed by atoms with Crippen molar-refractivity contribution in [3.8, 4) is 0 Å². The van der Waals surface area contributed by atoms with Gasteiger partial charge in [0.25, 0.3) is 0 Å². The summed E-state index contributed by atoms with van der Waals surface area (Å²) in [5.74, 6) is 1.81. The third-order valence-corrected chi connectivity index (χ3v) is 5.07. The van der Waals surface area contributed by atoms with Gasteiger partial charge in [0.1, 0.15) is 0 Å². The third kappa shape index (κ3) is 3.37. The van der Waals surface area contributed by atoms with E-state index in [-0.39, 0.29) is 5.41 Å². The monoisotopic (exact) mass is 298 g/mol. The zero-order valence-electron chi connectivity index (χ0n) is 11.2. The van der Waals surface area contributed by atoms with Gasteiger partial charge in [-0.3, -0.25) is 4.79 Å². The number of amides is 1. The Labute approximate surface area is 123 Å². The summed E-state index contributed by atoms with van der Waals surface area (Å²) < 4.78 is 0. The fourth-order valence-corrected chi connectivity index (χ4v) is 4.06. The van der Waals surface area contributed by atoms with Crippen LogP contribution in [-0.2, 0) is 0 Å². The molecule has 0 spiro atoms. The SMILES string of the molecule is CC1(C)CCSCC1Nc1ccc(C(N)=O)c(Cl)c1. The van der Waals surface area contributed by atoms with Crippen molar-refractivity contribution in [3.63, 3.8) is 0 Å². The maximum Gasteiger partial charge on any atom is 0.250 e. The standard InChI is InChI=1S/C14H19ClN2OS/c1-14(2)5-6-19-8-12(14)17-9-3-4-10(13(16)18)11(15)7-9/h3-4,7,12,17H,5-6,8H2,1-2H3,(H2,16,18). The average Bonchev–Trinajstić information content (AvgIpc) is 2.31. The van der Waals surface area contributed by atoms with E-state index in [1.165, 1.54) is 12.2 Å². The maximum atomic E-state index is 11.1. The number of rotatable bonds is 3. The van der Waals surface area contributed by atoms with Crippen molar-refractivity contribution < 1.29 is 4.79 Å². The van der Waals surface area contributed by atoms with Gasteiger partial charge in [-0.2, -0.15) is 11.8 Å². The molecule has 0 radical (unpaired) electrons. The number of nitrogens with two attached hydrogens (primary N) is 1. The molecule has 1 aliphatic heterocycles. The molecular weight excluding hydrogens is 280 g/mol. The van der Waals surface area contributed by atoms with Gasteiger partial charge in [-0.1, -0.05) is 25.4 Å². The highest BCUT2D eigenvalue weighted by Crippen LogP contribution is 2.36. The van der Waals surface area contributed by atoms with Crippen LogP contribution in [0.3, 0.4) is 0 Å². The summed E-state index contributed by atoms with van der Waals surface area (Å²) >= 11 is 8.03. The molecule has 1 unspecified atom stereocenters. The highest BCUT2D eigenvalue weighted by molar-refractivity contribution is 7.99. The van der Waals surface area contributed by atoms with Crippen LogP contribution in [0.15, 0.2) is 18.2 Å². The maximum absolute atomic E-state index is 11.1. The van der Waals surface area contributed by atoms with Gasteiger partial charge in [-0.25, -0.2) is 0 Å². The molecule has 0 saturated carbocycles. The predicted molar refractivity (Wildman–Crippen MR) is 83.1 cm³/mol. The minimum atomic E-state index is -0.495. The van der Waals surface area contributed by atoms with Gasteiger partial charge in [0.05, 0.1) is 10.6 Å². The number of carbonyl (C=O) groups is 1. The van der Waals surface area contributed by atoms with Crippen LogP contribution < -0.4 is 11.1 Å². The van der Waals surface area contributed by atoms with E-state index in [0.29, 0.717) is 16.6 Å². The second-order valence-electron chi connectivity index (χ2n) is 5.57. The Bertz CT molecular complexity index is 490. The summed E-state index contributed by atoms with van der Waals surface area (Å²) in [6.45, 7) is 4.56. The Hall–Kier alpha value is -0.870. The molecule has 104 valence electrons. The van der Waals surface area contributed by atoms with Crippen molar-refractivity contribution in [2.75, 3.05) is 16.8 Å². The molecule has 1 heterocycles. The summed E-state index contributed by atoms with van der Waals surface area (Å²) in [6, 6.07) is 5.72. The van der Waals surface area contributed by atoms with E-state index >= 15 is 0 Å². The second-order valence-corrected chi connectivity index (χ2v) is 7.13. The fourth-order valence-electron chi connectivity index (χ4n) is 2.18. The van der Waals surface area contributed by atoms with Gasteiger partial charge in [0.15, 0.2) is 0 Å². The van der Waals surface area contributed by atoms with E-state index in [9.17, 15) is 4.79 Å². The first-order chi connectivity index (χ1) is 8.90. The van der Waals surface area contributed by atoms with Crippen LogP contribution in [0.5, 0.6) is 0 Å². The minimum absolute atomic E-state index is 0.264. The molecule has 2 rings (SSSR count). The molecule has 3 nitrogen and oxygen atoms in total. The molecule has 1 aliphatic rings. The van der Waals surface area contributed by atoms with Crippen LogP contribution in [-0.4, -0.2) is 23.5 Å². The molecule has 1 amide bonds. The number of thioether (sulfide) groups is 1. The lowest BCUT2D eigenvalue weighted by Gasteiger charge is -2.39. The molecule has 0 aliphatic carbocycles. The first-order valence-electron chi connectivity index (χ1n) is 6.34. The van der Waals surface area contributed by atoms with E-state index in [4.69, 9.17) is 17.3 Å². The molecule has 0 bridgehead atoms. The summed E-state index contributed by atoms with van der Waals surface area (Å²) in [7, 11) is 0. The van der Waals surface area contributed by atoms with Gasteiger partial charge in [0, 0.05) is 17.5 Å². The average molecular weight is 299 g/mol. The predicted octanol–water partition coefficient (Wildman–Crippen LogP) is 3.38. The number of carbonyl (C=O) groups excluding carboxylic acids is 1. The molecule has 1 fully saturated rings. The van der Waals surface area contributed by atoms with Crippen molar-refractivity contribution in [1.29, 1.82) is 0 Å². The molecule has 0 aromatic heterocycles. The third-order valence-electron chi connectivity index (χ3n) is 3.69. The Morgan fingerprint density at radius 3 is 2.84 bits per heavy atom. The van der Waals surface area contributed by atoms with Crippen LogP contribution in [0.1, 0.15) is 30.6 Å². The van der Waals surface area contributed by atoms with Gasteiger partial charge in [-0.15, -0.1) is 0 Å². The summed E-state index contributed by atoms with van der Waals surface area (Å²) in [5.41, 5.74) is 6.81. The Balaban J connectivity index is 2.15. The molecule has 19 heavy (non-hydrogen) atoms. The van der Waals surface area contributed by atoms with Crippen molar-refractivity contribution in [2.45, 2.75) is 26.3 Å². The van der Waals surface area contributed by atoms with Crippen LogP contribution in [0, 0.1) is 5.41 Å². The highest BCUT2D eigenvalue weighted by Gasteiger charge is 2.32. The Kier molecular flexibility index (Phi) is 4.31. The van der Waals surface area contributed by atoms with Gasteiger partial charge >= 0.3 is 0 Å². The van der Waals surface area contributed by atoms with Crippen molar-refractivity contribution in [1.82, 2.24) is 0 Å². The molecule has 1 aromatic carbocycles. The normalized spacial score (nSPS) is 21.9. The minimum Gasteiger partial charge on any atom is -0.381 e. The van der Waals surface area contributed by atoms with E-state index in [1.54, 1.807) is 12.1 Å². The lowest BCUT2D eigenvalue weighted by Crippen LogP contribution is -2.41. The topological polar surface area (TPSA) is 55.1 Å². The van der Waals surface area contributed by atoms with Gasteiger partial charge in [-0.05, 0) is 35.8 Å². The summed E-state index contributed by atoms with van der Waals surface area (Å²) in [4.78, 5) is 11.1. The second kappa shape index (κ2) is 5.63. The number of benzene rings is 1. The van der Waals surface area contributed by atoms with Crippen molar-refractivity contribution in [3.05, 3.63) is 28.8 Å².